The Morgan fingerprint density at radius 1 is 1.33 bits per heavy atom. The summed E-state index contributed by atoms with van der Waals surface area (Å²) in [4.78, 5) is 10.5. The van der Waals surface area contributed by atoms with Gasteiger partial charge in [0.25, 0.3) is 0 Å². The van der Waals surface area contributed by atoms with Crippen LogP contribution in [0.4, 0.5) is 0 Å². The maximum Gasteiger partial charge on any atom is 2.00 e. The normalized spacial score (nSPS) is 19.3. The van der Waals surface area contributed by atoms with Crippen molar-refractivity contribution in [3.05, 3.63) is 0 Å². The van der Waals surface area contributed by atoms with E-state index < -0.39 is 0 Å². The fourth-order valence-corrected chi connectivity index (χ4v) is 0.806. The number of carbonyl (C=O) groups excluding carboxylic acids is 1. The predicted octanol–water partition coefficient (Wildman–Crippen LogP) is 0.948. The first-order valence-corrected chi connectivity index (χ1v) is 3.05. The van der Waals surface area contributed by atoms with E-state index in [1.165, 1.54) is 0 Å². The Morgan fingerprint density at radius 2 is 2.11 bits per heavy atom. The summed E-state index contributed by atoms with van der Waals surface area (Å²) < 4.78 is 4.76. The summed E-state index contributed by atoms with van der Waals surface area (Å²) in [6.45, 7) is 0.638. The molecule has 0 atom stereocenters. The minimum atomic E-state index is -0.0255. The fraction of sp³-hybridized carbons (Fsp3) is 0.833. The van der Waals surface area contributed by atoms with Gasteiger partial charge in [0.2, 0.25) is 0 Å². The zero-order chi connectivity index (χ0) is 5.82. The van der Waals surface area contributed by atoms with Crippen molar-refractivity contribution in [1.29, 1.82) is 0 Å². The average molecular weight is 140 g/mol. The van der Waals surface area contributed by atoms with Gasteiger partial charge in [0.05, 0.1) is 6.61 Å². The molecule has 0 aromatic heterocycles. The number of rotatable bonds is 0. The van der Waals surface area contributed by atoms with Crippen LogP contribution in [0.25, 0.3) is 0 Å². The van der Waals surface area contributed by atoms with Gasteiger partial charge in [0.15, 0.2) is 0 Å². The van der Waals surface area contributed by atoms with Crippen molar-refractivity contribution in [2.75, 3.05) is 6.61 Å². The van der Waals surface area contributed by atoms with Crippen LogP contribution in [0, 0.1) is 0 Å². The second-order valence-electron chi connectivity index (χ2n) is 2.03. The van der Waals surface area contributed by atoms with Gasteiger partial charge in [0.1, 0.15) is 0 Å². The van der Waals surface area contributed by atoms with Crippen LogP contribution >= 0.6 is 0 Å². The first-order valence-electron chi connectivity index (χ1n) is 3.05. The van der Waals surface area contributed by atoms with E-state index in [0.717, 1.165) is 19.3 Å². The molecular formula is C6H12MgO2. The Balaban J connectivity index is -0.000000213. The SMILES string of the molecule is O=C1CCCCCO1.[H-].[H-].[Mg+2]. The summed E-state index contributed by atoms with van der Waals surface area (Å²) in [7, 11) is 0. The number of cyclic esters (lactones) is 1. The Morgan fingerprint density at radius 3 is 2.89 bits per heavy atom. The van der Waals surface area contributed by atoms with Crippen LogP contribution in [-0.4, -0.2) is 35.6 Å². The van der Waals surface area contributed by atoms with Gasteiger partial charge in [-0.3, -0.25) is 4.79 Å². The summed E-state index contributed by atoms with van der Waals surface area (Å²) in [6.07, 6.45) is 3.83. The molecule has 0 radical (unpaired) electrons. The molecule has 3 heteroatoms. The van der Waals surface area contributed by atoms with Crippen molar-refractivity contribution in [2.45, 2.75) is 25.7 Å². The zero-order valence-corrected chi connectivity index (χ0v) is 6.97. The second kappa shape index (κ2) is 5.06. The van der Waals surface area contributed by atoms with E-state index in [2.05, 4.69) is 0 Å². The Bertz CT molecular complexity index is 90.6. The van der Waals surface area contributed by atoms with Crippen LogP contribution < -0.4 is 0 Å². The van der Waals surface area contributed by atoms with E-state index in [0.29, 0.717) is 13.0 Å². The van der Waals surface area contributed by atoms with Gasteiger partial charge in [0, 0.05) is 6.42 Å². The van der Waals surface area contributed by atoms with Crippen LogP contribution in [-0.2, 0) is 9.53 Å². The molecule has 1 saturated heterocycles. The number of esters is 1. The molecule has 9 heavy (non-hydrogen) atoms. The first kappa shape index (κ1) is 9.24. The topological polar surface area (TPSA) is 26.3 Å². The van der Waals surface area contributed by atoms with Crippen LogP contribution in [0.5, 0.6) is 0 Å². The Labute approximate surface area is 74.1 Å². The zero-order valence-electron chi connectivity index (χ0n) is 7.56. The molecule has 50 valence electrons. The van der Waals surface area contributed by atoms with Crippen molar-refractivity contribution in [3.63, 3.8) is 0 Å². The molecule has 0 spiro atoms. The molecule has 0 aromatic carbocycles. The number of ether oxygens (including phenoxy) is 1. The van der Waals surface area contributed by atoms with Gasteiger partial charge >= 0.3 is 29.0 Å². The van der Waals surface area contributed by atoms with E-state index in [4.69, 9.17) is 4.74 Å². The van der Waals surface area contributed by atoms with Gasteiger partial charge in [-0.15, -0.1) is 0 Å². The smallest absolute Gasteiger partial charge is 1.00 e. The van der Waals surface area contributed by atoms with Gasteiger partial charge in [-0.05, 0) is 19.3 Å². The maximum atomic E-state index is 10.5. The van der Waals surface area contributed by atoms with E-state index in [1.807, 2.05) is 0 Å². The molecule has 0 aromatic rings. The standard InChI is InChI=1S/C6H10O2.Mg.2H/c7-6-4-2-1-3-5-8-6;;;/h1-5H2;;;/q;+2;2*-1. The van der Waals surface area contributed by atoms with E-state index in [1.54, 1.807) is 0 Å². The van der Waals surface area contributed by atoms with E-state index >= 15 is 0 Å². The Kier molecular flexibility index (Phi) is 5.19. The summed E-state index contributed by atoms with van der Waals surface area (Å²) in [5, 5.41) is 0. The van der Waals surface area contributed by atoms with Crippen molar-refractivity contribution in [3.8, 4) is 0 Å². The summed E-state index contributed by atoms with van der Waals surface area (Å²) in [5.41, 5.74) is 0. The monoisotopic (exact) mass is 140 g/mol. The van der Waals surface area contributed by atoms with Crippen molar-refractivity contribution >= 4 is 29.0 Å². The van der Waals surface area contributed by atoms with Crippen molar-refractivity contribution in [1.82, 2.24) is 0 Å². The van der Waals surface area contributed by atoms with Crippen LogP contribution in [0.1, 0.15) is 28.5 Å². The van der Waals surface area contributed by atoms with Gasteiger partial charge in [-0.25, -0.2) is 0 Å². The van der Waals surface area contributed by atoms with Crippen LogP contribution in [0.3, 0.4) is 0 Å². The molecule has 0 bridgehead atoms. The molecule has 1 aliphatic rings. The summed E-state index contributed by atoms with van der Waals surface area (Å²) >= 11 is 0. The number of hydrogen-bond donors (Lipinski definition) is 0. The Hall–Kier alpha value is 0.236. The maximum absolute atomic E-state index is 10.5. The van der Waals surface area contributed by atoms with Gasteiger partial charge in [-0.1, -0.05) is 0 Å². The van der Waals surface area contributed by atoms with Crippen molar-refractivity contribution in [2.24, 2.45) is 0 Å². The number of carbonyl (C=O) groups is 1. The molecule has 0 unspecified atom stereocenters. The molecule has 0 N–H and O–H groups in total. The molecular weight excluding hydrogens is 128 g/mol. The third-order valence-electron chi connectivity index (χ3n) is 1.29. The van der Waals surface area contributed by atoms with E-state index in [-0.39, 0.29) is 31.9 Å². The average Bonchev–Trinajstić information content (AvgIpc) is 1.94. The quantitative estimate of drug-likeness (QED) is 0.370. The number of hydrogen-bond acceptors (Lipinski definition) is 2. The van der Waals surface area contributed by atoms with Crippen molar-refractivity contribution < 1.29 is 12.4 Å². The molecule has 1 heterocycles. The molecule has 1 aliphatic heterocycles. The third-order valence-corrected chi connectivity index (χ3v) is 1.29. The minimum absolute atomic E-state index is 0. The molecule has 2 nitrogen and oxygen atoms in total. The molecule has 1 rings (SSSR count). The fourth-order valence-electron chi connectivity index (χ4n) is 0.806. The summed E-state index contributed by atoms with van der Waals surface area (Å²) in [5.74, 6) is -0.0255. The third kappa shape index (κ3) is 3.75. The largest absolute Gasteiger partial charge is 2.00 e. The predicted molar refractivity (Wildman–Crippen MR) is 37.4 cm³/mol. The molecule has 1 fully saturated rings. The van der Waals surface area contributed by atoms with Gasteiger partial charge in [-0.2, -0.15) is 0 Å². The summed E-state index contributed by atoms with van der Waals surface area (Å²) in [6, 6.07) is 0. The minimum Gasteiger partial charge on any atom is -1.00 e. The van der Waals surface area contributed by atoms with E-state index in [9.17, 15) is 4.79 Å². The molecule has 0 saturated carbocycles. The molecule has 0 amide bonds. The van der Waals surface area contributed by atoms with Crippen LogP contribution in [0.2, 0.25) is 0 Å². The van der Waals surface area contributed by atoms with Crippen LogP contribution in [0.15, 0.2) is 0 Å². The van der Waals surface area contributed by atoms with Gasteiger partial charge < -0.3 is 7.59 Å². The molecule has 0 aliphatic carbocycles. The first-order chi connectivity index (χ1) is 3.89. The second-order valence-corrected chi connectivity index (χ2v) is 2.03.